The van der Waals surface area contributed by atoms with Crippen LogP contribution >= 0.6 is 43.5 Å². The summed E-state index contributed by atoms with van der Waals surface area (Å²) in [4.78, 5) is 1.94. The Kier molecular flexibility index (Phi) is 6.44. The standard InChI is InChI=1S/C15H17Br2ClO2/c1-10-15-14(17)7-6-13(20-15)9-11(18)4-5-12(19-10)3-2-8-16/h3-6,8,10-12,14-15H,7,9H2,1H3. The summed E-state index contributed by atoms with van der Waals surface area (Å²) >= 11 is 13.2. The molecule has 0 aliphatic carbocycles. The van der Waals surface area contributed by atoms with Gasteiger partial charge in [0.25, 0.3) is 0 Å². The van der Waals surface area contributed by atoms with Gasteiger partial charge in [-0.25, -0.2) is 0 Å². The molecule has 2 bridgehead atoms. The van der Waals surface area contributed by atoms with E-state index in [0.717, 1.165) is 12.2 Å². The Morgan fingerprint density at radius 2 is 2.25 bits per heavy atom. The average molecular weight is 425 g/mol. The molecule has 5 heteroatoms. The number of fused-ring (bicyclic) bond motifs is 2. The second-order valence-electron chi connectivity index (χ2n) is 4.86. The van der Waals surface area contributed by atoms with Crippen molar-refractivity contribution in [3.63, 3.8) is 0 Å². The van der Waals surface area contributed by atoms with E-state index in [1.807, 2.05) is 25.2 Å². The van der Waals surface area contributed by atoms with E-state index in [0.29, 0.717) is 6.42 Å². The van der Waals surface area contributed by atoms with Crippen LogP contribution in [-0.4, -0.2) is 28.5 Å². The maximum absolute atomic E-state index is 6.31. The molecule has 2 rings (SSSR count). The van der Waals surface area contributed by atoms with Crippen LogP contribution in [0, 0.1) is 0 Å². The normalized spacial score (nSPS) is 37.2. The van der Waals surface area contributed by atoms with Gasteiger partial charge >= 0.3 is 0 Å². The molecule has 0 aromatic rings. The van der Waals surface area contributed by atoms with E-state index in [2.05, 4.69) is 43.7 Å². The molecule has 0 aromatic heterocycles. The molecule has 5 atom stereocenters. The van der Waals surface area contributed by atoms with E-state index < -0.39 is 0 Å². The van der Waals surface area contributed by atoms with Crippen molar-refractivity contribution in [3.05, 3.63) is 40.8 Å². The minimum absolute atomic E-state index is 0.00536. The Hall–Kier alpha value is 0.01000. The van der Waals surface area contributed by atoms with Crippen molar-refractivity contribution in [1.82, 2.24) is 0 Å². The topological polar surface area (TPSA) is 18.5 Å². The molecule has 0 radical (unpaired) electrons. The third-order valence-corrected chi connectivity index (χ3v) is 4.74. The minimum Gasteiger partial charge on any atom is -0.491 e. The molecular weight excluding hydrogens is 407 g/mol. The summed E-state index contributed by atoms with van der Waals surface area (Å²) in [6.07, 6.45) is 9.35. The van der Waals surface area contributed by atoms with Gasteiger partial charge in [0.05, 0.1) is 22.1 Å². The van der Waals surface area contributed by atoms with Gasteiger partial charge in [-0.05, 0) is 25.5 Å². The first-order valence-electron chi connectivity index (χ1n) is 6.59. The molecule has 0 saturated heterocycles. The van der Waals surface area contributed by atoms with E-state index >= 15 is 0 Å². The number of ether oxygens (including phenoxy) is 2. The van der Waals surface area contributed by atoms with Crippen LogP contribution in [-0.2, 0) is 9.47 Å². The Morgan fingerprint density at radius 1 is 1.45 bits per heavy atom. The molecule has 5 unspecified atom stereocenters. The summed E-state index contributed by atoms with van der Waals surface area (Å²) in [6, 6.07) is 0. The summed E-state index contributed by atoms with van der Waals surface area (Å²) in [6.45, 7) is 2.04. The van der Waals surface area contributed by atoms with Crippen LogP contribution in [0.1, 0.15) is 19.8 Å². The van der Waals surface area contributed by atoms with Crippen LogP contribution in [0.3, 0.4) is 0 Å². The van der Waals surface area contributed by atoms with Crippen molar-refractivity contribution in [2.45, 2.75) is 48.3 Å². The van der Waals surface area contributed by atoms with Gasteiger partial charge in [0.1, 0.15) is 12.2 Å². The summed E-state index contributed by atoms with van der Waals surface area (Å²) in [7, 11) is 0. The van der Waals surface area contributed by atoms with Gasteiger partial charge in [0.15, 0.2) is 0 Å². The van der Waals surface area contributed by atoms with E-state index in [1.165, 1.54) is 0 Å². The van der Waals surface area contributed by atoms with Gasteiger partial charge < -0.3 is 9.47 Å². The SMILES string of the molecule is CC1OC(C=C=CBr)C=CC(Cl)CC2=CCC(Br)C1O2. The first-order valence-corrected chi connectivity index (χ1v) is 8.86. The quantitative estimate of drug-likeness (QED) is 0.341. The van der Waals surface area contributed by atoms with E-state index in [4.69, 9.17) is 21.1 Å². The highest BCUT2D eigenvalue weighted by Gasteiger charge is 2.32. The summed E-state index contributed by atoms with van der Waals surface area (Å²) in [5.41, 5.74) is 2.99. The zero-order chi connectivity index (χ0) is 14.5. The van der Waals surface area contributed by atoms with Gasteiger partial charge in [-0.2, -0.15) is 0 Å². The zero-order valence-electron chi connectivity index (χ0n) is 11.1. The van der Waals surface area contributed by atoms with Gasteiger partial charge in [-0.15, -0.1) is 17.3 Å². The van der Waals surface area contributed by atoms with Crippen LogP contribution in [0.15, 0.2) is 40.8 Å². The maximum atomic E-state index is 6.31. The van der Waals surface area contributed by atoms with Crippen LogP contribution < -0.4 is 0 Å². The fraction of sp³-hybridized carbons (Fsp3) is 0.533. The molecule has 20 heavy (non-hydrogen) atoms. The Morgan fingerprint density at radius 3 is 3.00 bits per heavy atom. The highest BCUT2D eigenvalue weighted by Crippen LogP contribution is 2.31. The predicted octanol–water partition coefficient (Wildman–Crippen LogP) is 4.83. The van der Waals surface area contributed by atoms with E-state index in [9.17, 15) is 0 Å². The molecule has 2 aliphatic heterocycles. The first-order chi connectivity index (χ1) is 9.60. The van der Waals surface area contributed by atoms with Crippen molar-refractivity contribution >= 4 is 43.5 Å². The van der Waals surface area contributed by atoms with Crippen LogP contribution in [0.4, 0.5) is 0 Å². The van der Waals surface area contributed by atoms with Crippen molar-refractivity contribution in [2.24, 2.45) is 0 Å². The van der Waals surface area contributed by atoms with E-state index in [1.54, 1.807) is 4.99 Å². The fourth-order valence-corrected chi connectivity index (χ4v) is 3.40. The number of rotatable bonds is 1. The summed E-state index contributed by atoms with van der Waals surface area (Å²) < 4.78 is 12.1. The van der Waals surface area contributed by atoms with Crippen molar-refractivity contribution in [1.29, 1.82) is 0 Å². The molecule has 0 amide bonds. The lowest BCUT2D eigenvalue weighted by molar-refractivity contribution is -0.0569. The largest absolute Gasteiger partial charge is 0.491 e. The zero-order valence-corrected chi connectivity index (χ0v) is 15.1. The fourth-order valence-electron chi connectivity index (χ4n) is 2.28. The Labute approximate surface area is 141 Å². The van der Waals surface area contributed by atoms with Crippen molar-refractivity contribution in [2.75, 3.05) is 0 Å². The molecule has 110 valence electrons. The molecule has 0 N–H and O–H groups in total. The lowest BCUT2D eigenvalue weighted by Gasteiger charge is -2.35. The Bertz CT molecular complexity index is 455. The second-order valence-corrected chi connectivity index (χ2v) is 7.05. The van der Waals surface area contributed by atoms with Crippen LogP contribution in [0.25, 0.3) is 0 Å². The number of alkyl halides is 2. The number of hydrogen-bond acceptors (Lipinski definition) is 2. The molecule has 0 spiro atoms. The first kappa shape index (κ1) is 16.4. The summed E-state index contributed by atoms with van der Waals surface area (Å²) in [5, 5.41) is -0.0883. The number of halogens is 3. The maximum Gasteiger partial charge on any atom is 0.137 e. The number of hydrogen-bond donors (Lipinski definition) is 0. The molecule has 2 heterocycles. The predicted molar refractivity (Wildman–Crippen MR) is 89.6 cm³/mol. The smallest absolute Gasteiger partial charge is 0.137 e. The number of allylic oxidation sites excluding steroid dienone is 3. The Balaban J connectivity index is 2.24. The molecule has 0 fully saturated rings. The van der Waals surface area contributed by atoms with Gasteiger partial charge in [0.2, 0.25) is 0 Å². The molecule has 0 saturated carbocycles. The minimum atomic E-state index is -0.157. The molecule has 2 aliphatic rings. The third-order valence-electron chi connectivity index (χ3n) is 3.28. The van der Waals surface area contributed by atoms with Crippen molar-refractivity contribution < 1.29 is 9.47 Å². The monoisotopic (exact) mass is 422 g/mol. The van der Waals surface area contributed by atoms with Gasteiger partial charge in [0, 0.05) is 11.4 Å². The average Bonchev–Trinajstić information content (AvgIpc) is 2.43. The molecule has 2 nitrogen and oxygen atoms in total. The van der Waals surface area contributed by atoms with Gasteiger partial charge in [-0.1, -0.05) is 44.0 Å². The highest BCUT2D eigenvalue weighted by molar-refractivity contribution is 9.11. The van der Waals surface area contributed by atoms with Gasteiger partial charge in [-0.3, -0.25) is 0 Å². The molecule has 0 aromatic carbocycles. The van der Waals surface area contributed by atoms with Crippen molar-refractivity contribution in [3.8, 4) is 0 Å². The lowest BCUT2D eigenvalue weighted by Crippen LogP contribution is -2.40. The lowest BCUT2D eigenvalue weighted by atomic mass is 10.0. The van der Waals surface area contributed by atoms with Crippen LogP contribution in [0.5, 0.6) is 0 Å². The van der Waals surface area contributed by atoms with Crippen LogP contribution in [0.2, 0.25) is 0 Å². The molecular formula is C15H17Br2ClO2. The second kappa shape index (κ2) is 7.86. The third kappa shape index (κ3) is 4.51. The highest BCUT2D eigenvalue weighted by atomic mass is 79.9. The summed E-state index contributed by atoms with van der Waals surface area (Å²) in [5.74, 6) is 0.958. The van der Waals surface area contributed by atoms with E-state index in [-0.39, 0.29) is 28.5 Å².